The number of nitrogens with one attached hydrogen (secondary N) is 1. The van der Waals surface area contributed by atoms with Gasteiger partial charge in [0, 0.05) is 0 Å². The topological polar surface area (TPSA) is 59.2 Å². The monoisotopic (exact) mass is 331 g/mol. The number of carbonyl (C=O) groups is 1. The quantitative estimate of drug-likeness (QED) is 0.874. The number of ether oxygens (including phenoxy) is 1. The molecule has 0 saturated carbocycles. The summed E-state index contributed by atoms with van der Waals surface area (Å²) in [5.74, 6) is -0.453. The van der Waals surface area contributed by atoms with E-state index >= 15 is 0 Å². The third-order valence-corrected chi connectivity index (χ3v) is 4.25. The van der Waals surface area contributed by atoms with Gasteiger partial charge in [0.1, 0.15) is 4.66 Å². The molecule has 1 aromatic carbocycles. The summed E-state index contributed by atoms with van der Waals surface area (Å²) < 4.78 is 5.89. The van der Waals surface area contributed by atoms with Crippen LogP contribution in [-0.4, -0.2) is 17.6 Å². The number of benzene rings is 1. The highest BCUT2D eigenvalue weighted by atomic mass is 32.1. The highest BCUT2D eigenvalue weighted by Crippen LogP contribution is 2.22. The highest BCUT2D eigenvalue weighted by Gasteiger charge is 2.12. The van der Waals surface area contributed by atoms with Crippen molar-refractivity contribution in [3.05, 3.63) is 54.9 Å². The van der Waals surface area contributed by atoms with Gasteiger partial charge in [0.25, 0.3) is 5.56 Å². The molecule has 0 fully saturated rings. The predicted octanol–water partition coefficient (Wildman–Crippen LogP) is 1.91. The van der Waals surface area contributed by atoms with Crippen LogP contribution in [0.1, 0.15) is 38.8 Å². The number of aromatic nitrogens is 1. The zero-order valence-corrected chi connectivity index (χ0v) is 14.6. The lowest BCUT2D eigenvalue weighted by molar-refractivity contribution is -0.135. The van der Waals surface area contributed by atoms with Gasteiger partial charge in [-0.3, -0.25) is 4.79 Å². The largest absolute Gasteiger partial charge is 0.463 e. The molecule has 1 heterocycles. The zero-order valence-electron chi connectivity index (χ0n) is 13.8. The molecule has 4 nitrogen and oxygen atoms in total. The lowest BCUT2D eigenvalue weighted by Crippen LogP contribution is -2.20. The molecule has 1 N–H and O–H groups in total. The van der Waals surface area contributed by atoms with Crippen LogP contribution in [0.2, 0.25) is 0 Å². The molecule has 0 bridgehead atoms. The summed E-state index contributed by atoms with van der Waals surface area (Å²) in [6, 6.07) is 8.13. The van der Waals surface area contributed by atoms with E-state index in [2.05, 4.69) is 37.9 Å². The molecule has 0 unspecified atom stereocenters. The third-order valence-electron chi connectivity index (χ3n) is 3.29. The van der Waals surface area contributed by atoms with Crippen molar-refractivity contribution < 1.29 is 9.53 Å². The van der Waals surface area contributed by atoms with E-state index in [-0.39, 0.29) is 11.0 Å². The molecule has 0 aliphatic carbocycles. The van der Waals surface area contributed by atoms with Gasteiger partial charge in [-0.05, 0) is 29.5 Å². The van der Waals surface area contributed by atoms with Crippen LogP contribution in [0.3, 0.4) is 0 Å². The van der Waals surface area contributed by atoms with E-state index in [4.69, 9.17) is 4.74 Å². The Labute approximate surface area is 139 Å². The number of carbonyl (C=O) groups excluding carboxylic acids is 1. The van der Waals surface area contributed by atoms with Crippen LogP contribution in [0.5, 0.6) is 0 Å². The predicted molar refractivity (Wildman–Crippen MR) is 94.0 cm³/mol. The van der Waals surface area contributed by atoms with E-state index in [0.29, 0.717) is 15.8 Å². The molecule has 5 heteroatoms. The van der Waals surface area contributed by atoms with E-state index in [1.165, 1.54) is 23.0 Å². The number of aromatic amines is 1. The molecule has 2 aromatic rings. The molecule has 122 valence electrons. The Morgan fingerprint density at radius 1 is 1.26 bits per heavy atom. The van der Waals surface area contributed by atoms with Gasteiger partial charge in [-0.1, -0.05) is 45.0 Å². The van der Waals surface area contributed by atoms with Crippen molar-refractivity contribution in [3.8, 4) is 0 Å². The van der Waals surface area contributed by atoms with Crippen LogP contribution >= 0.6 is 11.3 Å². The molecule has 0 saturated heterocycles. The smallest absolute Gasteiger partial charge is 0.333 e. The zero-order chi connectivity index (χ0) is 17.0. The fraction of sp³-hybridized carbons (Fsp3) is 0.333. The molecule has 0 spiro atoms. The maximum absolute atomic E-state index is 12.0. The summed E-state index contributed by atoms with van der Waals surface area (Å²) in [6.07, 6.45) is 3.12. The Kier molecular flexibility index (Phi) is 5.21. The van der Waals surface area contributed by atoms with Crippen LogP contribution in [0.4, 0.5) is 0 Å². The number of hydrogen-bond acceptors (Lipinski definition) is 4. The fourth-order valence-electron chi connectivity index (χ4n) is 2.05. The average Bonchev–Trinajstić information content (AvgIpc) is 2.78. The minimum absolute atomic E-state index is 0.0979. The first-order chi connectivity index (χ1) is 10.8. The van der Waals surface area contributed by atoms with E-state index < -0.39 is 5.97 Å². The van der Waals surface area contributed by atoms with Gasteiger partial charge >= 0.3 is 5.97 Å². The number of rotatable bonds is 3. The summed E-state index contributed by atoms with van der Waals surface area (Å²) in [6.45, 7) is 8.53. The Hall–Kier alpha value is -2.14. The molecule has 0 aliphatic heterocycles. The van der Waals surface area contributed by atoms with Gasteiger partial charge < -0.3 is 9.72 Å². The lowest BCUT2D eigenvalue weighted by atomic mass is 9.87. The second-order valence-corrected chi connectivity index (χ2v) is 7.28. The summed E-state index contributed by atoms with van der Waals surface area (Å²) >= 11 is 1.24. The lowest BCUT2D eigenvalue weighted by Gasteiger charge is -2.18. The minimum atomic E-state index is -0.453. The van der Waals surface area contributed by atoms with E-state index in [0.717, 1.165) is 5.56 Å². The Balaban J connectivity index is 2.35. The van der Waals surface area contributed by atoms with Gasteiger partial charge in [-0.15, -0.1) is 11.3 Å². The second kappa shape index (κ2) is 6.96. The number of thiazole rings is 1. The molecule has 0 amide bonds. The van der Waals surface area contributed by atoms with Crippen LogP contribution in [0.15, 0.2) is 29.1 Å². The molecule has 2 rings (SSSR count). The summed E-state index contributed by atoms with van der Waals surface area (Å²) in [5, 5.41) is 0. The van der Waals surface area contributed by atoms with Crippen molar-refractivity contribution >= 4 is 29.5 Å². The maximum atomic E-state index is 12.0. The highest BCUT2D eigenvalue weighted by molar-refractivity contribution is 7.07. The maximum Gasteiger partial charge on any atom is 0.333 e. The Bertz CT molecular complexity index is 851. The van der Waals surface area contributed by atoms with Crippen molar-refractivity contribution in [2.24, 2.45) is 0 Å². The SMILES string of the molecule is CCOC(=O)C=c1[nH]c(=O)c(=Cc2ccc(C(C)(C)C)cc2)s1. The van der Waals surface area contributed by atoms with Crippen molar-refractivity contribution in [3.63, 3.8) is 0 Å². The van der Waals surface area contributed by atoms with Gasteiger partial charge in [0.2, 0.25) is 0 Å². The van der Waals surface area contributed by atoms with E-state index in [9.17, 15) is 9.59 Å². The molecule has 0 radical (unpaired) electrons. The third kappa shape index (κ3) is 4.66. The summed E-state index contributed by atoms with van der Waals surface area (Å²) in [7, 11) is 0. The fourth-order valence-corrected chi connectivity index (χ4v) is 2.92. The van der Waals surface area contributed by atoms with E-state index in [1.54, 1.807) is 6.92 Å². The van der Waals surface area contributed by atoms with Crippen LogP contribution in [-0.2, 0) is 14.9 Å². The van der Waals surface area contributed by atoms with Crippen molar-refractivity contribution in [1.82, 2.24) is 4.98 Å². The molecule has 23 heavy (non-hydrogen) atoms. The first-order valence-corrected chi connectivity index (χ1v) is 8.31. The normalized spacial score (nSPS) is 13.4. The minimum Gasteiger partial charge on any atom is -0.463 e. The molecule has 1 aromatic heterocycles. The molecule has 0 atom stereocenters. The van der Waals surface area contributed by atoms with Gasteiger partial charge in [-0.2, -0.15) is 0 Å². The van der Waals surface area contributed by atoms with Crippen LogP contribution in [0, 0.1) is 0 Å². The second-order valence-electron chi connectivity index (χ2n) is 6.20. The standard InChI is InChI=1S/C18H21NO3S/c1-5-22-16(20)11-15-19-17(21)14(23-15)10-12-6-8-13(9-7-12)18(2,3)4/h6-11H,5H2,1-4H3,(H,19,21). The van der Waals surface area contributed by atoms with Crippen molar-refractivity contribution in [1.29, 1.82) is 0 Å². The van der Waals surface area contributed by atoms with Crippen molar-refractivity contribution in [2.45, 2.75) is 33.1 Å². The number of H-pyrrole nitrogens is 1. The summed E-state index contributed by atoms with van der Waals surface area (Å²) in [4.78, 5) is 26.0. The van der Waals surface area contributed by atoms with E-state index in [1.807, 2.05) is 18.2 Å². The molecular formula is C18H21NO3S. The molecule has 0 aliphatic rings. The Morgan fingerprint density at radius 3 is 2.48 bits per heavy atom. The Morgan fingerprint density at radius 2 is 1.91 bits per heavy atom. The number of hydrogen-bond donors (Lipinski definition) is 1. The first kappa shape index (κ1) is 17.2. The first-order valence-electron chi connectivity index (χ1n) is 7.49. The molecular weight excluding hydrogens is 310 g/mol. The van der Waals surface area contributed by atoms with Crippen LogP contribution in [0.25, 0.3) is 12.2 Å². The van der Waals surface area contributed by atoms with Gasteiger partial charge in [-0.25, -0.2) is 4.79 Å². The average molecular weight is 331 g/mol. The van der Waals surface area contributed by atoms with Crippen molar-refractivity contribution in [2.75, 3.05) is 6.61 Å². The number of esters is 1. The van der Waals surface area contributed by atoms with Gasteiger partial charge in [0.15, 0.2) is 0 Å². The van der Waals surface area contributed by atoms with Crippen LogP contribution < -0.4 is 14.8 Å². The van der Waals surface area contributed by atoms with Gasteiger partial charge in [0.05, 0.1) is 17.2 Å². The summed E-state index contributed by atoms with van der Waals surface area (Å²) in [5.41, 5.74) is 2.09.